The molecule has 0 saturated carbocycles. The molecule has 172 valence electrons. The van der Waals surface area contributed by atoms with Crippen molar-refractivity contribution >= 4 is 26.7 Å². The zero-order valence-corrected chi connectivity index (χ0v) is 19.7. The van der Waals surface area contributed by atoms with E-state index in [2.05, 4.69) is 0 Å². The van der Waals surface area contributed by atoms with Crippen LogP contribution in [-0.2, 0) is 27.7 Å². The molecule has 2 aromatic carbocycles. The molecule has 0 aliphatic heterocycles. The predicted octanol–water partition coefficient (Wildman–Crippen LogP) is 4.15. The highest BCUT2D eigenvalue weighted by Crippen LogP contribution is 2.38. The standard InChI is InChI=1S/C23H28O8Si/c1-5-27-22-14-9-13-21(20-11-7-6-8-12-20)23(22)28-15-10-16-32(29-17(2)24,30-18(3)25)31-19(4)26/h6-9,11-14H,5,10,15-16H2,1-4H3. The van der Waals surface area contributed by atoms with Gasteiger partial charge < -0.3 is 22.8 Å². The van der Waals surface area contributed by atoms with Crippen LogP contribution in [0.4, 0.5) is 0 Å². The molecular weight excluding hydrogens is 432 g/mol. The van der Waals surface area contributed by atoms with Gasteiger partial charge in [0.25, 0.3) is 17.9 Å². The van der Waals surface area contributed by atoms with E-state index in [-0.39, 0.29) is 12.7 Å². The first kappa shape index (κ1) is 24.9. The van der Waals surface area contributed by atoms with Gasteiger partial charge in [-0.1, -0.05) is 42.5 Å². The highest BCUT2D eigenvalue weighted by molar-refractivity contribution is 6.65. The summed E-state index contributed by atoms with van der Waals surface area (Å²) >= 11 is 0. The van der Waals surface area contributed by atoms with Gasteiger partial charge in [-0.15, -0.1) is 0 Å². The molecule has 0 fully saturated rings. The van der Waals surface area contributed by atoms with Gasteiger partial charge in [0.2, 0.25) is 0 Å². The van der Waals surface area contributed by atoms with E-state index in [1.54, 1.807) is 0 Å². The fourth-order valence-corrected chi connectivity index (χ4v) is 5.44. The second-order valence-electron chi connectivity index (χ2n) is 6.85. The number of rotatable bonds is 11. The Kier molecular flexibility index (Phi) is 9.27. The average Bonchev–Trinajstić information content (AvgIpc) is 2.71. The van der Waals surface area contributed by atoms with Gasteiger partial charge in [-0.05, 0) is 25.0 Å². The van der Waals surface area contributed by atoms with E-state index in [1.165, 1.54) is 0 Å². The lowest BCUT2D eigenvalue weighted by atomic mass is 10.0. The maximum atomic E-state index is 11.6. The summed E-state index contributed by atoms with van der Waals surface area (Å²) in [6.07, 6.45) is 0.300. The number of hydrogen-bond donors (Lipinski definition) is 0. The van der Waals surface area contributed by atoms with Gasteiger partial charge >= 0.3 is 8.80 Å². The smallest absolute Gasteiger partial charge is 0.490 e. The van der Waals surface area contributed by atoms with E-state index in [1.807, 2.05) is 55.5 Å². The number of para-hydroxylation sites is 1. The van der Waals surface area contributed by atoms with Crippen LogP contribution in [0.25, 0.3) is 11.1 Å². The molecule has 9 heteroatoms. The number of ether oxygens (including phenoxy) is 2. The first-order valence-corrected chi connectivity index (χ1v) is 12.2. The molecule has 8 nitrogen and oxygen atoms in total. The zero-order chi connectivity index (χ0) is 23.6. The second kappa shape index (κ2) is 11.9. The van der Waals surface area contributed by atoms with Gasteiger partial charge in [0.05, 0.1) is 19.3 Å². The monoisotopic (exact) mass is 460 g/mol. The summed E-state index contributed by atoms with van der Waals surface area (Å²) in [6.45, 7) is 6.02. The lowest BCUT2D eigenvalue weighted by molar-refractivity contribution is -0.147. The lowest BCUT2D eigenvalue weighted by Crippen LogP contribution is -2.49. The third-order valence-corrected chi connectivity index (χ3v) is 6.90. The molecule has 32 heavy (non-hydrogen) atoms. The predicted molar refractivity (Wildman–Crippen MR) is 119 cm³/mol. The summed E-state index contributed by atoms with van der Waals surface area (Å²) < 4.78 is 27.4. The van der Waals surface area contributed by atoms with Crippen LogP contribution < -0.4 is 9.47 Å². The van der Waals surface area contributed by atoms with Crippen molar-refractivity contribution in [3.8, 4) is 22.6 Å². The van der Waals surface area contributed by atoms with E-state index in [0.717, 1.165) is 31.9 Å². The molecule has 0 aromatic heterocycles. The van der Waals surface area contributed by atoms with E-state index in [9.17, 15) is 14.4 Å². The van der Waals surface area contributed by atoms with E-state index >= 15 is 0 Å². The molecule has 0 spiro atoms. The van der Waals surface area contributed by atoms with Crippen molar-refractivity contribution in [2.45, 2.75) is 40.2 Å². The first-order valence-electron chi connectivity index (χ1n) is 10.3. The van der Waals surface area contributed by atoms with Crippen LogP contribution in [0.15, 0.2) is 48.5 Å². The maximum Gasteiger partial charge on any atom is 0.705 e. The first-order chi connectivity index (χ1) is 15.3. The van der Waals surface area contributed by atoms with Crippen LogP contribution in [0.3, 0.4) is 0 Å². The number of carbonyl (C=O) groups is 3. The highest BCUT2D eigenvalue weighted by Gasteiger charge is 2.51. The van der Waals surface area contributed by atoms with Crippen molar-refractivity contribution < 1.29 is 37.1 Å². The minimum absolute atomic E-state index is 0.0310. The molecule has 0 bridgehead atoms. The fourth-order valence-electron chi connectivity index (χ4n) is 3.11. The molecule has 0 aliphatic carbocycles. The molecule has 2 rings (SSSR count). The second-order valence-corrected chi connectivity index (χ2v) is 9.33. The van der Waals surface area contributed by atoms with Crippen LogP contribution in [0.5, 0.6) is 11.5 Å². The van der Waals surface area contributed by atoms with Crippen LogP contribution >= 0.6 is 0 Å². The Morgan fingerprint density at radius 2 is 1.38 bits per heavy atom. The molecular formula is C23H28O8Si. The van der Waals surface area contributed by atoms with Gasteiger partial charge in [0.15, 0.2) is 11.5 Å². The van der Waals surface area contributed by atoms with Gasteiger partial charge in [0, 0.05) is 26.3 Å². The largest absolute Gasteiger partial charge is 0.705 e. The van der Waals surface area contributed by atoms with Gasteiger partial charge in [0.1, 0.15) is 0 Å². The van der Waals surface area contributed by atoms with E-state index in [0.29, 0.717) is 24.5 Å². The van der Waals surface area contributed by atoms with Crippen molar-refractivity contribution in [1.29, 1.82) is 0 Å². The molecule has 0 radical (unpaired) electrons. The van der Waals surface area contributed by atoms with Crippen LogP contribution in [0, 0.1) is 0 Å². The van der Waals surface area contributed by atoms with Crippen molar-refractivity contribution in [2.24, 2.45) is 0 Å². The lowest BCUT2D eigenvalue weighted by Gasteiger charge is -2.26. The van der Waals surface area contributed by atoms with Crippen molar-refractivity contribution in [3.63, 3.8) is 0 Å². The normalized spacial score (nSPS) is 10.8. The molecule has 0 N–H and O–H groups in total. The topological polar surface area (TPSA) is 97.4 Å². The fraction of sp³-hybridized carbons (Fsp3) is 0.348. The molecule has 0 heterocycles. The summed E-state index contributed by atoms with van der Waals surface area (Å²) in [5.41, 5.74) is 1.83. The average molecular weight is 461 g/mol. The molecule has 0 aliphatic rings. The van der Waals surface area contributed by atoms with Crippen molar-refractivity contribution in [2.75, 3.05) is 13.2 Å². The minimum Gasteiger partial charge on any atom is -0.490 e. The molecule has 0 atom stereocenters. The van der Waals surface area contributed by atoms with E-state index < -0.39 is 26.7 Å². The Morgan fingerprint density at radius 3 is 1.91 bits per heavy atom. The van der Waals surface area contributed by atoms with Gasteiger partial charge in [-0.3, -0.25) is 14.4 Å². The van der Waals surface area contributed by atoms with Crippen molar-refractivity contribution in [3.05, 3.63) is 48.5 Å². The number of carbonyl (C=O) groups excluding carboxylic acids is 3. The summed E-state index contributed by atoms with van der Waals surface area (Å²) in [7, 11) is -3.89. The SMILES string of the molecule is CCOc1cccc(-c2ccccc2)c1OCCC[Si](OC(C)=O)(OC(C)=O)OC(C)=O. The Bertz CT molecular complexity index is 888. The summed E-state index contributed by atoms with van der Waals surface area (Å²) in [6, 6.07) is 15.4. The third-order valence-electron chi connectivity index (χ3n) is 4.13. The van der Waals surface area contributed by atoms with Gasteiger partial charge in [-0.25, -0.2) is 0 Å². The maximum absolute atomic E-state index is 11.6. The number of hydrogen-bond acceptors (Lipinski definition) is 8. The quantitative estimate of drug-likeness (QED) is 0.364. The van der Waals surface area contributed by atoms with Crippen LogP contribution in [-0.4, -0.2) is 39.9 Å². The minimum atomic E-state index is -3.89. The molecule has 2 aromatic rings. The summed E-state index contributed by atoms with van der Waals surface area (Å²) in [5, 5.41) is 0. The Labute approximate surface area is 188 Å². The zero-order valence-electron chi connectivity index (χ0n) is 18.7. The summed E-state index contributed by atoms with van der Waals surface area (Å²) in [4.78, 5) is 34.7. The van der Waals surface area contributed by atoms with Crippen molar-refractivity contribution in [1.82, 2.24) is 0 Å². The molecule has 0 unspecified atom stereocenters. The molecule has 0 amide bonds. The van der Waals surface area contributed by atoms with Crippen LogP contribution in [0.2, 0.25) is 6.04 Å². The Balaban J connectivity index is 2.20. The third kappa shape index (κ3) is 7.42. The Morgan fingerprint density at radius 1 is 0.781 bits per heavy atom. The highest BCUT2D eigenvalue weighted by atomic mass is 28.4. The molecule has 0 saturated heterocycles. The van der Waals surface area contributed by atoms with Crippen LogP contribution in [0.1, 0.15) is 34.1 Å². The Hall–Kier alpha value is -3.33. The van der Waals surface area contributed by atoms with E-state index in [4.69, 9.17) is 22.8 Å². The number of benzene rings is 2. The summed E-state index contributed by atoms with van der Waals surface area (Å²) in [5.74, 6) is -0.938. The van der Waals surface area contributed by atoms with Gasteiger partial charge in [-0.2, -0.15) is 0 Å².